The van der Waals surface area contributed by atoms with Crippen molar-refractivity contribution in [2.24, 2.45) is 5.92 Å². The van der Waals surface area contributed by atoms with Crippen LogP contribution >= 0.6 is 0 Å². The lowest BCUT2D eigenvalue weighted by Crippen LogP contribution is -2.50. The SMILES string of the molecule is C=CCC(NC(=O)OCC1c2ccccc2-c2ccccc21)C(=O)N(CC(=O)O)CC(C)C. The smallest absolute Gasteiger partial charge is 0.407 e. The number of alkyl carbamates (subject to hydrolysis) is 1. The molecule has 0 heterocycles. The van der Waals surface area contributed by atoms with Crippen molar-refractivity contribution in [3.8, 4) is 11.1 Å². The average Bonchev–Trinajstić information content (AvgIpc) is 3.09. The number of fused-ring (bicyclic) bond motifs is 3. The maximum atomic E-state index is 13.0. The number of amides is 2. The highest BCUT2D eigenvalue weighted by atomic mass is 16.5. The Morgan fingerprint density at radius 2 is 1.67 bits per heavy atom. The van der Waals surface area contributed by atoms with E-state index in [4.69, 9.17) is 4.74 Å². The summed E-state index contributed by atoms with van der Waals surface area (Å²) in [6.45, 7) is 7.40. The molecule has 0 radical (unpaired) electrons. The van der Waals surface area contributed by atoms with E-state index >= 15 is 0 Å². The van der Waals surface area contributed by atoms with Crippen LogP contribution in [0.2, 0.25) is 0 Å². The number of ether oxygens (including phenoxy) is 1. The molecule has 33 heavy (non-hydrogen) atoms. The van der Waals surface area contributed by atoms with Gasteiger partial charge in [-0.15, -0.1) is 6.58 Å². The molecule has 174 valence electrons. The van der Waals surface area contributed by atoms with Crippen molar-refractivity contribution in [2.45, 2.75) is 32.2 Å². The Bertz CT molecular complexity index is 987. The van der Waals surface area contributed by atoms with Gasteiger partial charge in [0.15, 0.2) is 0 Å². The van der Waals surface area contributed by atoms with Crippen molar-refractivity contribution < 1.29 is 24.2 Å². The number of hydrogen-bond acceptors (Lipinski definition) is 4. The molecule has 7 nitrogen and oxygen atoms in total. The fourth-order valence-electron chi connectivity index (χ4n) is 4.23. The number of nitrogens with zero attached hydrogens (tertiary/aromatic N) is 1. The van der Waals surface area contributed by atoms with E-state index in [-0.39, 0.29) is 31.4 Å². The molecule has 2 N–H and O–H groups in total. The number of carboxylic acids is 1. The first-order chi connectivity index (χ1) is 15.8. The van der Waals surface area contributed by atoms with Crippen molar-refractivity contribution in [3.63, 3.8) is 0 Å². The fraction of sp³-hybridized carbons (Fsp3) is 0.346. The number of benzene rings is 2. The molecule has 0 aromatic heterocycles. The van der Waals surface area contributed by atoms with Crippen LogP contribution < -0.4 is 5.32 Å². The maximum Gasteiger partial charge on any atom is 0.407 e. The first kappa shape index (κ1) is 24.0. The summed E-state index contributed by atoms with van der Waals surface area (Å²) in [5, 5.41) is 11.8. The number of nitrogens with one attached hydrogen (secondary N) is 1. The molecule has 0 aliphatic heterocycles. The quantitative estimate of drug-likeness (QED) is 0.533. The van der Waals surface area contributed by atoms with Crippen LogP contribution in [0.3, 0.4) is 0 Å². The summed E-state index contributed by atoms with van der Waals surface area (Å²) >= 11 is 0. The van der Waals surface area contributed by atoms with Crippen LogP contribution in [0, 0.1) is 5.92 Å². The molecule has 0 saturated heterocycles. The molecule has 0 spiro atoms. The van der Waals surface area contributed by atoms with Crippen LogP contribution in [0.25, 0.3) is 11.1 Å². The summed E-state index contributed by atoms with van der Waals surface area (Å²) in [5.41, 5.74) is 4.43. The lowest BCUT2D eigenvalue weighted by Gasteiger charge is -2.27. The summed E-state index contributed by atoms with van der Waals surface area (Å²) < 4.78 is 5.54. The Balaban J connectivity index is 1.69. The van der Waals surface area contributed by atoms with Crippen molar-refractivity contribution in [2.75, 3.05) is 19.7 Å². The summed E-state index contributed by atoms with van der Waals surface area (Å²) in [5.74, 6) is -1.60. The predicted molar refractivity (Wildman–Crippen MR) is 126 cm³/mol. The fourth-order valence-corrected chi connectivity index (χ4v) is 4.23. The van der Waals surface area contributed by atoms with Crippen LogP contribution in [0.1, 0.15) is 37.3 Å². The monoisotopic (exact) mass is 450 g/mol. The Morgan fingerprint density at radius 3 is 2.18 bits per heavy atom. The molecular formula is C26H30N2O5. The summed E-state index contributed by atoms with van der Waals surface area (Å²) in [7, 11) is 0. The minimum Gasteiger partial charge on any atom is -0.480 e. The van der Waals surface area contributed by atoms with E-state index in [9.17, 15) is 19.5 Å². The van der Waals surface area contributed by atoms with Crippen molar-refractivity contribution in [3.05, 3.63) is 72.3 Å². The van der Waals surface area contributed by atoms with Crippen LogP contribution in [0.4, 0.5) is 4.79 Å². The second-order valence-corrected chi connectivity index (χ2v) is 8.55. The van der Waals surface area contributed by atoms with E-state index in [0.717, 1.165) is 22.3 Å². The molecule has 0 bridgehead atoms. The summed E-state index contributed by atoms with van der Waals surface area (Å²) in [6.07, 6.45) is 0.953. The van der Waals surface area contributed by atoms with Gasteiger partial charge in [-0.05, 0) is 34.6 Å². The molecule has 2 aromatic rings. The van der Waals surface area contributed by atoms with Gasteiger partial charge in [0.05, 0.1) is 0 Å². The van der Waals surface area contributed by atoms with Gasteiger partial charge in [0.1, 0.15) is 19.2 Å². The highest BCUT2D eigenvalue weighted by molar-refractivity contribution is 5.88. The molecule has 3 rings (SSSR count). The van der Waals surface area contributed by atoms with Crippen molar-refractivity contribution in [1.82, 2.24) is 10.2 Å². The standard InChI is InChI=1S/C26H30N2O5/c1-4-9-23(25(31)28(14-17(2)3)15-24(29)30)27-26(32)33-16-22-20-12-7-5-10-18(20)19-11-6-8-13-21(19)22/h4-8,10-13,17,22-23H,1,9,14-16H2,2-3H3,(H,27,32)(H,29,30). The topological polar surface area (TPSA) is 95.9 Å². The average molecular weight is 451 g/mol. The largest absolute Gasteiger partial charge is 0.480 e. The zero-order valence-corrected chi connectivity index (χ0v) is 19.0. The van der Waals surface area contributed by atoms with E-state index in [2.05, 4.69) is 24.0 Å². The summed E-state index contributed by atoms with van der Waals surface area (Å²) in [4.78, 5) is 38.1. The van der Waals surface area contributed by atoms with Crippen LogP contribution in [-0.2, 0) is 14.3 Å². The zero-order valence-electron chi connectivity index (χ0n) is 19.0. The third-order valence-corrected chi connectivity index (χ3v) is 5.56. The first-order valence-electron chi connectivity index (χ1n) is 11.0. The first-order valence-corrected chi connectivity index (χ1v) is 11.0. The molecular weight excluding hydrogens is 420 g/mol. The van der Waals surface area contributed by atoms with Gasteiger partial charge in [-0.2, -0.15) is 0 Å². The van der Waals surface area contributed by atoms with Crippen molar-refractivity contribution >= 4 is 18.0 Å². The highest BCUT2D eigenvalue weighted by Gasteiger charge is 2.31. The minimum absolute atomic E-state index is 0.0761. The number of carboxylic acid groups (broad SMARTS) is 1. The number of aliphatic carboxylic acids is 1. The van der Waals surface area contributed by atoms with Gasteiger partial charge in [-0.25, -0.2) is 4.79 Å². The minimum atomic E-state index is -1.11. The molecule has 2 aromatic carbocycles. The van der Waals surface area contributed by atoms with Gasteiger partial charge in [-0.1, -0.05) is 68.5 Å². The maximum absolute atomic E-state index is 13.0. The van der Waals surface area contributed by atoms with Crippen LogP contribution in [0.5, 0.6) is 0 Å². The van der Waals surface area contributed by atoms with Gasteiger partial charge < -0.3 is 20.1 Å². The zero-order chi connectivity index (χ0) is 24.0. The molecule has 1 aliphatic carbocycles. The van der Waals surface area contributed by atoms with Gasteiger partial charge >= 0.3 is 12.1 Å². The molecule has 1 unspecified atom stereocenters. The number of rotatable bonds is 10. The lowest BCUT2D eigenvalue weighted by molar-refractivity contribution is -0.145. The van der Waals surface area contributed by atoms with E-state index in [1.807, 2.05) is 50.2 Å². The number of carbonyl (C=O) groups is 3. The van der Waals surface area contributed by atoms with Crippen LogP contribution in [-0.4, -0.2) is 53.7 Å². The molecule has 0 saturated carbocycles. The Morgan fingerprint density at radius 1 is 1.09 bits per heavy atom. The van der Waals surface area contributed by atoms with Crippen molar-refractivity contribution in [1.29, 1.82) is 0 Å². The predicted octanol–water partition coefficient (Wildman–Crippen LogP) is 4.04. The van der Waals surface area contributed by atoms with Gasteiger partial charge in [-0.3, -0.25) is 9.59 Å². The van der Waals surface area contributed by atoms with E-state index < -0.39 is 30.6 Å². The second kappa shape index (κ2) is 10.8. The number of carbonyl (C=O) groups excluding carboxylic acids is 2. The van der Waals surface area contributed by atoms with E-state index in [1.54, 1.807) is 0 Å². The normalized spacial score (nSPS) is 13.1. The Hall–Kier alpha value is -3.61. The van der Waals surface area contributed by atoms with Gasteiger partial charge in [0.2, 0.25) is 5.91 Å². The lowest BCUT2D eigenvalue weighted by atomic mass is 9.98. The van der Waals surface area contributed by atoms with Gasteiger partial charge in [0, 0.05) is 12.5 Å². The van der Waals surface area contributed by atoms with E-state index in [0.29, 0.717) is 0 Å². The van der Waals surface area contributed by atoms with Crippen LogP contribution in [0.15, 0.2) is 61.2 Å². The molecule has 7 heteroatoms. The Labute approximate surface area is 194 Å². The molecule has 1 aliphatic rings. The van der Waals surface area contributed by atoms with E-state index in [1.165, 1.54) is 11.0 Å². The molecule has 0 fully saturated rings. The summed E-state index contributed by atoms with van der Waals surface area (Å²) in [6, 6.07) is 15.1. The number of hydrogen-bond donors (Lipinski definition) is 2. The van der Waals surface area contributed by atoms with Gasteiger partial charge in [0.25, 0.3) is 0 Å². The second-order valence-electron chi connectivity index (χ2n) is 8.55. The Kier molecular flexibility index (Phi) is 7.87. The molecule has 2 amide bonds. The third kappa shape index (κ3) is 5.80. The highest BCUT2D eigenvalue weighted by Crippen LogP contribution is 2.44. The molecule has 1 atom stereocenters. The third-order valence-electron chi connectivity index (χ3n) is 5.56.